The van der Waals surface area contributed by atoms with Gasteiger partial charge < -0.3 is 4.90 Å². The molecule has 2 N–H and O–H groups in total. The first-order chi connectivity index (χ1) is 10.1. The van der Waals surface area contributed by atoms with E-state index >= 15 is 0 Å². The molecular formula is C14H20N6O. The van der Waals surface area contributed by atoms with Gasteiger partial charge in [-0.25, -0.2) is 4.98 Å². The summed E-state index contributed by atoms with van der Waals surface area (Å²) in [6.07, 6.45) is 3.84. The number of aromatic amines is 2. The minimum atomic E-state index is 0.179. The number of hydrogen-bond donors (Lipinski definition) is 2. The number of likely N-dealkylation sites (tertiary alicyclic amines) is 1. The second-order valence-electron chi connectivity index (χ2n) is 5.62. The molecule has 7 heteroatoms. The molecule has 0 atom stereocenters. The van der Waals surface area contributed by atoms with Gasteiger partial charge in [0.05, 0.1) is 12.1 Å². The molecule has 1 aliphatic rings. The number of hydrogen-bond acceptors (Lipinski definition) is 4. The van der Waals surface area contributed by atoms with E-state index < -0.39 is 0 Å². The highest BCUT2D eigenvalue weighted by Crippen LogP contribution is 2.25. The molecule has 112 valence electrons. The molecule has 0 bridgehead atoms. The molecule has 2 aromatic heterocycles. The number of nitrogens with one attached hydrogen (secondary N) is 2. The number of H-pyrrole nitrogens is 2. The van der Waals surface area contributed by atoms with E-state index in [4.69, 9.17) is 0 Å². The van der Waals surface area contributed by atoms with Crippen molar-refractivity contribution in [3.05, 3.63) is 29.1 Å². The lowest BCUT2D eigenvalue weighted by Crippen LogP contribution is -2.39. The van der Waals surface area contributed by atoms with Gasteiger partial charge in [0.2, 0.25) is 5.91 Å². The van der Waals surface area contributed by atoms with Gasteiger partial charge >= 0.3 is 0 Å². The summed E-state index contributed by atoms with van der Waals surface area (Å²) >= 11 is 0. The third kappa shape index (κ3) is 2.81. The van der Waals surface area contributed by atoms with Crippen LogP contribution in [0.15, 0.2) is 6.33 Å². The van der Waals surface area contributed by atoms with Gasteiger partial charge in [-0.1, -0.05) is 0 Å². The largest absolute Gasteiger partial charge is 0.342 e. The van der Waals surface area contributed by atoms with Crippen LogP contribution in [0.2, 0.25) is 0 Å². The van der Waals surface area contributed by atoms with Crippen LogP contribution in [0.25, 0.3) is 0 Å². The minimum Gasteiger partial charge on any atom is -0.342 e. The average molecular weight is 288 g/mol. The van der Waals surface area contributed by atoms with Crippen LogP contribution < -0.4 is 0 Å². The maximum absolute atomic E-state index is 12.4. The number of carbonyl (C=O) groups is 1. The SMILES string of the molecule is Cc1n[nH]c(C)c1CC(=O)N1CCC(c2ncn[nH]2)CC1. The number of aryl methyl sites for hydroxylation is 2. The Morgan fingerprint density at radius 2 is 2.10 bits per heavy atom. The summed E-state index contributed by atoms with van der Waals surface area (Å²) in [5.41, 5.74) is 2.92. The lowest BCUT2D eigenvalue weighted by molar-refractivity contribution is -0.131. The lowest BCUT2D eigenvalue weighted by Gasteiger charge is -2.31. The molecule has 3 heterocycles. The molecule has 2 aromatic rings. The van der Waals surface area contributed by atoms with E-state index in [1.807, 2.05) is 18.7 Å². The number of rotatable bonds is 3. The summed E-state index contributed by atoms with van der Waals surface area (Å²) < 4.78 is 0. The molecule has 0 unspecified atom stereocenters. The topological polar surface area (TPSA) is 90.6 Å². The normalized spacial score (nSPS) is 16.4. The standard InChI is InChI=1S/C14H20N6O/c1-9-12(10(2)18-17-9)7-13(21)20-5-3-11(4-6-20)14-15-8-16-19-14/h8,11H,3-7H2,1-2H3,(H,17,18)(H,15,16,19). The molecule has 1 fully saturated rings. The van der Waals surface area contributed by atoms with E-state index in [-0.39, 0.29) is 5.91 Å². The average Bonchev–Trinajstić information content (AvgIpc) is 3.13. The summed E-state index contributed by atoms with van der Waals surface area (Å²) in [5.74, 6) is 1.50. The Morgan fingerprint density at radius 1 is 1.33 bits per heavy atom. The first-order valence-corrected chi connectivity index (χ1v) is 7.28. The smallest absolute Gasteiger partial charge is 0.227 e. The number of piperidine rings is 1. The molecule has 3 rings (SSSR count). The van der Waals surface area contributed by atoms with Crippen LogP contribution in [0.4, 0.5) is 0 Å². The molecule has 21 heavy (non-hydrogen) atoms. The molecule has 0 aliphatic carbocycles. The lowest BCUT2D eigenvalue weighted by atomic mass is 9.95. The minimum absolute atomic E-state index is 0.179. The van der Waals surface area contributed by atoms with Crippen LogP contribution in [0.1, 0.15) is 41.5 Å². The van der Waals surface area contributed by atoms with Gasteiger partial charge in [0.15, 0.2) is 0 Å². The molecule has 0 spiro atoms. The monoisotopic (exact) mass is 288 g/mol. The summed E-state index contributed by atoms with van der Waals surface area (Å²) in [4.78, 5) is 18.6. The highest BCUT2D eigenvalue weighted by molar-refractivity contribution is 5.79. The van der Waals surface area contributed by atoms with E-state index in [2.05, 4.69) is 25.4 Å². The predicted octanol–water partition coefficient (Wildman–Crippen LogP) is 1.09. The second kappa shape index (κ2) is 5.67. The molecule has 0 aromatic carbocycles. The van der Waals surface area contributed by atoms with Crippen molar-refractivity contribution in [3.63, 3.8) is 0 Å². The van der Waals surface area contributed by atoms with Crippen molar-refractivity contribution < 1.29 is 4.79 Å². The number of aromatic nitrogens is 5. The number of nitrogens with zero attached hydrogens (tertiary/aromatic N) is 4. The summed E-state index contributed by atoms with van der Waals surface area (Å²) in [5, 5.41) is 13.9. The number of carbonyl (C=O) groups excluding carboxylic acids is 1. The van der Waals surface area contributed by atoms with Crippen molar-refractivity contribution in [2.24, 2.45) is 0 Å². The van der Waals surface area contributed by atoms with E-state index in [1.165, 1.54) is 6.33 Å². The van der Waals surface area contributed by atoms with Crippen molar-refractivity contribution in [2.75, 3.05) is 13.1 Å². The quantitative estimate of drug-likeness (QED) is 0.884. The van der Waals surface area contributed by atoms with E-state index in [0.29, 0.717) is 12.3 Å². The van der Waals surface area contributed by atoms with Gasteiger partial charge in [0.1, 0.15) is 12.2 Å². The summed E-state index contributed by atoms with van der Waals surface area (Å²) in [7, 11) is 0. The van der Waals surface area contributed by atoms with Gasteiger partial charge in [-0.2, -0.15) is 10.2 Å². The summed E-state index contributed by atoms with van der Waals surface area (Å²) in [6.45, 7) is 5.45. The maximum atomic E-state index is 12.4. The van der Waals surface area contributed by atoms with Gasteiger partial charge in [-0.15, -0.1) is 0 Å². The van der Waals surface area contributed by atoms with Crippen LogP contribution in [0.3, 0.4) is 0 Å². The van der Waals surface area contributed by atoms with Crippen molar-refractivity contribution in [1.29, 1.82) is 0 Å². The molecule has 0 saturated carbocycles. The fraction of sp³-hybridized carbons (Fsp3) is 0.571. The van der Waals surface area contributed by atoms with E-state index in [0.717, 1.165) is 48.7 Å². The zero-order valence-electron chi connectivity index (χ0n) is 12.4. The fourth-order valence-corrected chi connectivity index (χ4v) is 2.91. The molecule has 1 aliphatic heterocycles. The van der Waals surface area contributed by atoms with Gasteiger partial charge in [-0.3, -0.25) is 15.0 Å². The Labute approximate surface area is 123 Å². The van der Waals surface area contributed by atoms with Crippen molar-refractivity contribution in [2.45, 2.75) is 39.0 Å². The van der Waals surface area contributed by atoms with Crippen molar-refractivity contribution in [3.8, 4) is 0 Å². The van der Waals surface area contributed by atoms with Crippen LogP contribution in [-0.2, 0) is 11.2 Å². The molecular weight excluding hydrogens is 268 g/mol. The second-order valence-corrected chi connectivity index (χ2v) is 5.62. The zero-order valence-corrected chi connectivity index (χ0v) is 12.4. The molecule has 1 saturated heterocycles. The third-order valence-corrected chi connectivity index (χ3v) is 4.28. The maximum Gasteiger partial charge on any atom is 0.227 e. The highest BCUT2D eigenvalue weighted by Gasteiger charge is 2.26. The van der Waals surface area contributed by atoms with Crippen LogP contribution in [0.5, 0.6) is 0 Å². The van der Waals surface area contributed by atoms with E-state index in [9.17, 15) is 4.79 Å². The third-order valence-electron chi connectivity index (χ3n) is 4.28. The van der Waals surface area contributed by atoms with Crippen molar-refractivity contribution in [1.82, 2.24) is 30.3 Å². The van der Waals surface area contributed by atoms with Gasteiger partial charge in [-0.05, 0) is 26.7 Å². The Kier molecular flexibility index (Phi) is 3.72. The Bertz CT molecular complexity index is 590. The fourth-order valence-electron chi connectivity index (χ4n) is 2.91. The van der Waals surface area contributed by atoms with Crippen LogP contribution in [-0.4, -0.2) is 49.3 Å². The van der Waals surface area contributed by atoms with Crippen LogP contribution >= 0.6 is 0 Å². The van der Waals surface area contributed by atoms with E-state index in [1.54, 1.807) is 0 Å². The Balaban J connectivity index is 1.58. The molecule has 1 amide bonds. The van der Waals surface area contributed by atoms with Gasteiger partial charge in [0.25, 0.3) is 0 Å². The summed E-state index contributed by atoms with van der Waals surface area (Å²) in [6, 6.07) is 0. The Hall–Kier alpha value is -2.18. The first-order valence-electron chi connectivity index (χ1n) is 7.28. The zero-order chi connectivity index (χ0) is 14.8. The predicted molar refractivity (Wildman–Crippen MR) is 76.7 cm³/mol. The molecule has 7 nitrogen and oxygen atoms in total. The first kappa shape index (κ1) is 13.8. The Morgan fingerprint density at radius 3 is 2.67 bits per heavy atom. The van der Waals surface area contributed by atoms with Gasteiger partial charge in [0, 0.05) is 30.3 Å². The highest BCUT2D eigenvalue weighted by atomic mass is 16.2. The number of amides is 1. The van der Waals surface area contributed by atoms with Crippen molar-refractivity contribution >= 4 is 5.91 Å². The van der Waals surface area contributed by atoms with Crippen LogP contribution in [0, 0.1) is 13.8 Å². The molecule has 0 radical (unpaired) electrons.